The zero-order chi connectivity index (χ0) is 12.1. The number of ether oxygens (including phenoxy) is 1. The molecule has 0 unspecified atom stereocenters. The molecule has 2 heterocycles. The molecule has 0 radical (unpaired) electrons. The smallest absolute Gasteiger partial charge is 0.145 e. The molecule has 2 rings (SSSR count). The lowest BCUT2D eigenvalue weighted by Gasteiger charge is -2.22. The van der Waals surface area contributed by atoms with Gasteiger partial charge in [0.25, 0.3) is 0 Å². The minimum Gasteiger partial charge on any atom is -0.381 e. The van der Waals surface area contributed by atoms with Crippen molar-refractivity contribution in [1.82, 2.24) is 9.97 Å². The fourth-order valence-corrected chi connectivity index (χ4v) is 1.93. The number of anilines is 2. The Hall–Kier alpha value is -1.40. The number of nitrogens with two attached hydrogens (primary N) is 1. The van der Waals surface area contributed by atoms with Crippen LogP contribution in [-0.2, 0) is 4.74 Å². The quantitative estimate of drug-likeness (QED) is 0.533. The first-order valence-corrected chi connectivity index (χ1v) is 5.92. The maximum absolute atomic E-state index is 5.34. The zero-order valence-corrected chi connectivity index (χ0v) is 10.1. The van der Waals surface area contributed by atoms with Gasteiger partial charge in [-0.2, -0.15) is 0 Å². The molecular weight excluding hydrogens is 218 g/mol. The summed E-state index contributed by atoms with van der Waals surface area (Å²) in [5.74, 6) is 8.15. The van der Waals surface area contributed by atoms with Crippen LogP contribution in [0.25, 0.3) is 0 Å². The average molecular weight is 237 g/mol. The van der Waals surface area contributed by atoms with Crippen LogP contribution in [0.3, 0.4) is 0 Å². The number of nitrogens with one attached hydrogen (secondary N) is 2. The monoisotopic (exact) mass is 237 g/mol. The van der Waals surface area contributed by atoms with Crippen LogP contribution in [0.15, 0.2) is 6.07 Å². The molecule has 0 saturated carbocycles. The Morgan fingerprint density at radius 3 is 2.76 bits per heavy atom. The number of nitrogens with zero attached hydrogens (tertiary/aromatic N) is 2. The molecule has 4 N–H and O–H groups in total. The van der Waals surface area contributed by atoms with Gasteiger partial charge in [-0.05, 0) is 25.7 Å². The molecule has 6 heteroatoms. The van der Waals surface area contributed by atoms with Crippen LogP contribution in [0.5, 0.6) is 0 Å². The molecule has 1 saturated heterocycles. The molecule has 17 heavy (non-hydrogen) atoms. The Morgan fingerprint density at radius 1 is 1.35 bits per heavy atom. The number of aromatic nitrogens is 2. The summed E-state index contributed by atoms with van der Waals surface area (Å²) in [5, 5.41) is 3.33. The summed E-state index contributed by atoms with van der Waals surface area (Å²) in [6.07, 6.45) is 2.22. The molecule has 1 aromatic heterocycles. The van der Waals surface area contributed by atoms with Crippen molar-refractivity contribution in [3.05, 3.63) is 11.9 Å². The van der Waals surface area contributed by atoms with Gasteiger partial charge < -0.3 is 15.5 Å². The van der Waals surface area contributed by atoms with Crippen LogP contribution in [0.2, 0.25) is 0 Å². The molecule has 0 bridgehead atoms. The molecule has 6 nitrogen and oxygen atoms in total. The summed E-state index contributed by atoms with van der Waals surface area (Å²) in [4.78, 5) is 8.46. The Bertz CT molecular complexity index is 365. The summed E-state index contributed by atoms with van der Waals surface area (Å²) in [7, 11) is 0. The number of aryl methyl sites for hydroxylation is 1. The summed E-state index contributed by atoms with van der Waals surface area (Å²) >= 11 is 0. The van der Waals surface area contributed by atoms with Crippen molar-refractivity contribution in [2.24, 2.45) is 11.8 Å². The number of hydrogen-bond acceptors (Lipinski definition) is 6. The predicted molar refractivity (Wildman–Crippen MR) is 66.6 cm³/mol. The second-order valence-electron chi connectivity index (χ2n) is 4.27. The summed E-state index contributed by atoms with van der Waals surface area (Å²) in [6, 6.07) is 1.81. The molecular formula is C11H19N5O. The molecule has 0 atom stereocenters. The van der Waals surface area contributed by atoms with E-state index in [4.69, 9.17) is 10.6 Å². The Morgan fingerprint density at radius 2 is 2.06 bits per heavy atom. The normalized spacial score (nSPS) is 16.8. The van der Waals surface area contributed by atoms with Gasteiger partial charge in [0.2, 0.25) is 0 Å². The molecule has 1 aromatic rings. The molecule has 94 valence electrons. The highest BCUT2D eigenvalue weighted by atomic mass is 16.5. The van der Waals surface area contributed by atoms with Crippen molar-refractivity contribution in [3.8, 4) is 0 Å². The van der Waals surface area contributed by atoms with Crippen LogP contribution in [0.1, 0.15) is 18.7 Å². The van der Waals surface area contributed by atoms with E-state index in [0.29, 0.717) is 17.6 Å². The summed E-state index contributed by atoms with van der Waals surface area (Å²) in [6.45, 7) is 4.50. The zero-order valence-electron chi connectivity index (χ0n) is 10.1. The van der Waals surface area contributed by atoms with Crippen LogP contribution in [0.4, 0.5) is 11.6 Å². The van der Waals surface area contributed by atoms with Gasteiger partial charge in [-0.1, -0.05) is 0 Å². The van der Waals surface area contributed by atoms with Crippen molar-refractivity contribution in [2.45, 2.75) is 19.8 Å². The highest BCUT2D eigenvalue weighted by Gasteiger charge is 2.13. The summed E-state index contributed by atoms with van der Waals surface area (Å²) in [5.41, 5.74) is 2.54. The lowest BCUT2D eigenvalue weighted by atomic mass is 10.0. The first-order chi connectivity index (χ1) is 8.28. The van der Waals surface area contributed by atoms with E-state index in [-0.39, 0.29) is 0 Å². The van der Waals surface area contributed by atoms with E-state index >= 15 is 0 Å². The number of hydrogen-bond donors (Lipinski definition) is 3. The number of hydrazine groups is 1. The van der Waals surface area contributed by atoms with Crippen molar-refractivity contribution in [1.29, 1.82) is 0 Å². The lowest BCUT2D eigenvalue weighted by molar-refractivity contribution is 0.0699. The van der Waals surface area contributed by atoms with Gasteiger partial charge in [0, 0.05) is 25.8 Å². The second kappa shape index (κ2) is 5.79. The van der Waals surface area contributed by atoms with Crippen LogP contribution < -0.4 is 16.6 Å². The van der Waals surface area contributed by atoms with Gasteiger partial charge in [-0.3, -0.25) is 0 Å². The summed E-state index contributed by atoms with van der Waals surface area (Å²) < 4.78 is 5.33. The molecule has 0 spiro atoms. The average Bonchev–Trinajstić information content (AvgIpc) is 2.37. The molecule has 0 amide bonds. The largest absolute Gasteiger partial charge is 0.381 e. The van der Waals surface area contributed by atoms with Gasteiger partial charge in [0.15, 0.2) is 0 Å². The predicted octanol–water partition coefficient (Wildman–Crippen LogP) is 0.909. The SMILES string of the molecule is Cc1nc(NN)cc(NCC2CCOCC2)n1. The molecule has 1 aliphatic heterocycles. The standard InChI is InChI=1S/C11H19N5O/c1-8-14-10(6-11(15-8)16-12)13-7-9-2-4-17-5-3-9/h6,9H,2-5,7,12H2,1H3,(H2,13,14,15,16). The van der Waals surface area contributed by atoms with Gasteiger partial charge >= 0.3 is 0 Å². The number of nitrogen functional groups attached to an aromatic ring is 1. The van der Waals surface area contributed by atoms with Crippen molar-refractivity contribution in [2.75, 3.05) is 30.5 Å². The van der Waals surface area contributed by atoms with Crippen molar-refractivity contribution < 1.29 is 4.74 Å². The number of rotatable bonds is 4. The van der Waals surface area contributed by atoms with E-state index in [1.54, 1.807) is 0 Å². The minimum atomic E-state index is 0.631. The maximum atomic E-state index is 5.34. The van der Waals surface area contributed by atoms with E-state index in [1.807, 2.05) is 13.0 Å². The minimum absolute atomic E-state index is 0.631. The third-order valence-corrected chi connectivity index (χ3v) is 2.90. The third-order valence-electron chi connectivity index (χ3n) is 2.90. The van der Waals surface area contributed by atoms with E-state index in [1.165, 1.54) is 0 Å². The van der Waals surface area contributed by atoms with Crippen LogP contribution >= 0.6 is 0 Å². The Balaban J connectivity index is 1.91. The van der Waals surface area contributed by atoms with E-state index < -0.39 is 0 Å². The van der Waals surface area contributed by atoms with E-state index in [2.05, 4.69) is 20.7 Å². The van der Waals surface area contributed by atoms with E-state index in [9.17, 15) is 0 Å². The van der Waals surface area contributed by atoms with Crippen LogP contribution in [-0.4, -0.2) is 29.7 Å². The molecule has 1 fully saturated rings. The highest BCUT2D eigenvalue weighted by Crippen LogP contribution is 2.16. The topological polar surface area (TPSA) is 85.1 Å². The van der Waals surface area contributed by atoms with Crippen molar-refractivity contribution >= 4 is 11.6 Å². The first kappa shape index (κ1) is 12.1. The fraction of sp³-hybridized carbons (Fsp3) is 0.636. The van der Waals surface area contributed by atoms with Gasteiger partial charge in [-0.25, -0.2) is 15.8 Å². The van der Waals surface area contributed by atoms with Gasteiger partial charge in [0.05, 0.1) is 0 Å². The molecule has 0 aliphatic carbocycles. The molecule has 0 aromatic carbocycles. The van der Waals surface area contributed by atoms with Gasteiger partial charge in [-0.15, -0.1) is 0 Å². The maximum Gasteiger partial charge on any atom is 0.145 e. The van der Waals surface area contributed by atoms with Gasteiger partial charge in [0.1, 0.15) is 17.5 Å². The third kappa shape index (κ3) is 3.54. The Labute approximate surface area is 101 Å². The second-order valence-corrected chi connectivity index (χ2v) is 4.27. The molecule has 1 aliphatic rings. The lowest BCUT2D eigenvalue weighted by Crippen LogP contribution is -2.23. The highest BCUT2D eigenvalue weighted by molar-refractivity contribution is 5.46. The van der Waals surface area contributed by atoms with E-state index in [0.717, 1.165) is 38.4 Å². The first-order valence-electron chi connectivity index (χ1n) is 5.92. The Kier molecular flexibility index (Phi) is 4.11. The van der Waals surface area contributed by atoms with Crippen molar-refractivity contribution in [3.63, 3.8) is 0 Å². The van der Waals surface area contributed by atoms with Crippen LogP contribution in [0, 0.1) is 12.8 Å². The fourth-order valence-electron chi connectivity index (χ4n) is 1.93.